The summed E-state index contributed by atoms with van der Waals surface area (Å²) in [6, 6.07) is 4.63. The molecule has 2 aliphatic heterocycles. The van der Waals surface area contributed by atoms with E-state index >= 15 is 0 Å². The van der Waals surface area contributed by atoms with Crippen LogP contribution in [0.5, 0.6) is 11.5 Å². The first-order valence-corrected chi connectivity index (χ1v) is 11.1. The van der Waals surface area contributed by atoms with Crippen LogP contribution >= 0.6 is 0 Å². The normalized spacial score (nSPS) is 30.5. The maximum Gasteiger partial charge on any atom is 0.223 e. The molecule has 1 aromatic carbocycles. The van der Waals surface area contributed by atoms with Crippen molar-refractivity contribution in [3.63, 3.8) is 0 Å². The summed E-state index contributed by atoms with van der Waals surface area (Å²) in [4.78, 5) is 15.5. The molecule has 0 aromatic heterocycles. The minimum absolute atomic E-state index is 0.0715. The summed E-state index contributed by atoms with van der Waals surface area (Å²) in [7, 11) is 0. The number of amides is 1. The number of ether oxygens (including phenoxy) is 2. The summed E-state index contributed by atoms with van der Waals surface area (Å²) in [5.41, 5.74) is 8.98. The van der Waals surface area contributed by atoms with E-state index in [9.17, 15) is 4.79 Å². The van der Waals surface area contributed by atoms with Crippen LogP contribution in [0, 0.1) is 5.92 Å². The molecule has 2 fully saturated rings. The van der Waals surface area contributed by atoms with Gasteiger partial charge < -0.3 is 20.1 Å². The molecule has 1 aromatic rings. The molecule has 152 valence electrons. The van der Waals surface area contributed by atoms with Gasteiger partial charge in [0.15, 0.2) is 11.5 Å². The standard InChI is InChI=1S/C23H32N2O3/c1-15-17-12-20-21(28-10-9-27-20)13-18(17)23(7-2-3-8-23)14-25(15)22(26)11-16-5-4-6-19(16)24/h12-13,15-16,19H,2-11,14,24H2,1H3/t15?,16-,19+/m0/s1. The highest BCUT2D eigenvalue weighted by atomic mass is 16.6. The number of hydrogen-bond acceptors (Lipinski definition) is 4. The number of fused-ring (bicyclic) bond motifs is 3. The van der Waals surface area contributed by atoms with Gasteiger partial charge in [-0.3, -0.25) is 4.79 Å². The van der Waals surface area contributed by atoms with E-state index in [-0.39, 0.29) is 23.4 Å². The molecular weight excluding hydrogens is 352 g/mol. The monoisotopic (exact) mass is 384 g/mol. The van der Waals surface area contributed by atoms with Crippen molar-refractivity contribution in [2.75, 3.05) is 19.8 Å². The summed E-state index contributed by atoms with van der Waals surface area (Å²) in [6.45, 7) is 4.21. The SMILES string of the molecule is CC1c2cc3c(cc2C2(CCCC2)CN1C(=O)C[C@@H]1CCC[C@H]1N)OCCO3. The Kier molecular flexibility index (Phi) is 4.53. The number of nitrogens with zero attached hydrogens (tertiary/aromatic N) is 1. The average Bonchev–Trinajstić information content (AvgIpc) is 3.33. The van der Waals surface area contributed by atoms with E-state index in [1.54, 1.807) is 0 Å². The predicted octanol–water partition coefficient (Wildman–Crippen LogP) is 3.69. The van der Waals surface area contributed by atoms with Crippen LogP contribution in [-0.2, 0) is 10.2 Å². The van der Waals surface area contributed by atoms with E-state index in [0.29, 0.717) is 25.6 Å². The van der Waals surface area contributed by atoms with E-state index in [1.165, 1.54) is 24.0 Å². The lowest BCUT2D eigenvalue weighted by molar-refractivity contribution is -0.136. The second-order valence-electron chi connectivity index (χ2n) is 9.33. The average molecular weight is 385 g/mol. The van der Waals surface area contributed by atoms with E-state index in [1.807, 2.05) is 0 Å². The molecule has 5 heteroatoms. The molecule has 5 rings (SSSR count). The largest absolute Gasteiger partial charge is 0.486 e. The second kappa shape index (κ2) is 6.94. The lowest BCUT2D eigenvalue weighted by atomic mass is 9.71. The predicted molar refractivity (Wildman–Crippen MR) is 108 cm³/mol. The third kappa shape index (κ3) is 2.90. The lowest BCUT2D eigenvalue weighted by Crippen LogP contribution is -2.49. The zero-order chi connectivity index (χ0) is 19.3. The van der Waals surface area contributed by atoms with Gasteiger partial charge in [0.1, 0.15) is 13.2 Å². The first-order chi connectivity index (χ1) is 13.6. The van der Waals surface area contributed by atoms with Crippen molar-refractivity contribution < 1.29 is 14.3 Å². The van der Waals surface area contributed by atoms with Crippen molar-refractivity contribution >= 4 is 5.91 Å². The van der Waals surface area contributed by atoms with Crippen molar-refractivity contribution in [1.82, 2.24) is 4.90 Å². The summed E-state index contributed by atoms with van der Waals surface area (Å²) < 4.78 is 11.7. The summed E-state index contributed by atoms with van der Waals surface area (Å²) >= 11 is 0. The highest BCUT2D eigenvalue weighted by Gasteiger charge is 2.46. The molecular formula is C23H32N2O3. The van der Waals surface area contributed by atoms with Crippen molar-refractivity contribution in [3.8, 4) is 11.5 Å². The van der Waals surface area contributed by atoms with E-state index < -0.39 is 0 Å². The molecule has 2 aliphatic carbocycles. The number of rotatable bonds is 2. The van der Waals surface area contributed by atoms with Crippen LogP contribution in [0.3, 0.4) is 0 Å². The van der Waals surface area contributed by atoms with Gasteiger partial charge in [-0.2, -0.15) is 0 Å². The van der Waals surface area contributed by atoms with Crippen molar-refractivity contribution in [2.24, 2.45) is 11.7 Å². The Morgan fingerprint density at radius 1 is 1.14 bits per heavy atom. The maximum absolute atomic E-state index is 13.4. The Bertz CT molecular complexity index is 771. The topological polar surface area (TPSA) is 64.8 Å². The molecule has 0 bridgehead atoms. The first-order valence-electron chi connectivity index (χ1n) is 11.1. The van der Waals surface area contributed by atoms with E-state index in [0.717, 1.165) is 50.1 Å². The summed E-state index contributed by atoms with van der Waals surface area (Å²) in [5, 5.41) is 0. The molecule has 0 saturated heterocycles. The molecule has 1 amide bonds. The Morgan fingerprint density at radius 2 is 1.86 bits per heavy atom. The summed E-state index contributed by atoms with van der Waals surface area (Å²) in [6.07, 6.45) is 8.68. The van der Waals surface area contributed by atoms with Gasteiger partial charge in [-0.1, -0.05) is 19.3 Å². The van der Waals surface area contributed by atoms with Crippen LogP contribution in [0.15, 0.2) is 12.1 Å². The van der Waals surface area contributed by atoms with Gasteiger partial charge in [0, 0.05) is 24.4 Å². The molecule has 2 N–H and O–H groups in total. The van der Waals surface area contributed by atoms with Crippen molar-refractivity contribution in [2.45, 2.75) is 75.8 Å². The number of benzene rings is 1. The van der Waals surface area contributed by atoms with E-state index in [2.05, 4.69) is 24.0 Å². The molecule has 2 saturated carbocycles. The number of carbonyl (C=O) groups is 1. The quantitative estimate of drug-likeness (QED) is 0.845. The molecule has 1 spiro atoms. The Hall–Kier alpha value is -1.75. The van der Waals surface area contributed by atoms with Gasteiger partial charge in [-0.05, 0) is 61.8 Å². The zero-order valence-electron chi connectivity index (χ0n) is 16.9. The Balaban J connectivity index is 1.49. The van der Waals surface area contributed by atoms with Gasteiger partial charge in [-0.15, -0.1) is 0 Å². The molecule has 0 radical (unpaired) electrons. The number of nitrogens with two attached hydrogens (primary N) is 1. The van der Waals surface area contributed by atoms with Gasteiger partial charge >= 0.3 is 0 Å². The van der Waals surface area contributed by atoms with Crippen LogP contribution < -0.4 is 15.2 Å². The molecule has 4 aliphatic rings. The number of hydrogen-bond donors (Lipinski definition) is 1. The fourth-order valence-corrected chi connectivity index (χ4v) is 6.07. The van der Waals surface area contributed by atoms with Crippen molar-refractivity contribution in [3.05, 3.63) is 23.3 Å². The second-order valence-corrected chi connectivity index (χ2v) is 9.33. The van der Waals surface area contributed by atoms with Crippen LogP contribution in [-0.4, -0.2) is 36.6 Å². The summed E-state index contributed by atoms with van der Waals surface area (Å²) in [5.74, 6) is 2.33. The Labute approximate surface area is 167 Å². The maximum atomic E-state index is 13.4. The molecule has 5 nitrogen and oxygen atoms in total. The van der Waals surface area contributed by atoms with Crippen LogP contribution in [0.25, 0.3) is 0 Å². The smallest absolute Gasteiger partial charge is 0.223 e. The lowest BCUT2D eigenvalue weighted by Gasteiger charge is -2.46. The highest BCUT2D eigenvalue weighted by molar-refractivity contribution is 5.78. The van der Waals surface area contributed by atoms with Crippen LogP contribution in [0.4, 0.5) is 0 Å². The minimum Gasteiger partial charge on any atom is -0.486 e. The van der Waals surface area contributed by atoms with Crippen LogP contribution in [0.2, 0.25) is 0 Å². The molecule has 2 heterocycles. The first kappa shape index (κ1) is 18.3. The van der Waals surface area contributed by atoms with E-state index in [4.69, 9.17) is 15.2 Å². The zero-order valence-corrected chi connectivity index (χ0v) is 16.9. The minimum atomic E-state index is 0.0715. The Morgan fingerprint density at radius 3 is 2.54 bits per heavy atom. The highest BCUT2D eigenvalue weighted by Crippen LogP contribution is 2.52. The fraction of sp³-hybridized carbons (Fsp3) is 0.696. The molecule has 3 atom stereocenters. The van der Waals surface area contributed by atoms with Gasteiger partial charge in [0.2, 0.25) is 5.91 Å². The van der Waals surface area contributed by atoms with Crippen molar-refractivity contribution in [1.29, 1.82) is 0 Å². The third-order valence-electron chi connectivity index (χ3n) is 7.71. The van der Waals surface area contributed by atoms with Crippen LogP contribution in [0.1, 0.15) is 75.5 Å². The molecule has 1 unspecified atom stereocenters. The van der Waals surface area contributed by atoms with Gasteiger partial charge in [0.05, 0.1) is 6.04 Å². The van der Waals surface area contributed by atoms with Gasteiger partial charge in [0.25, 0.3) is 0 Å². The fourth-order valence-electron chi connectivity index (χ4n) is 6.07. The number of carbonyl (C=O) groups excluding carboxylic acids is 1. The molecule has 28 heavy (non-hydrogen) atoms. The third-order valence-corrected chi connectivity index (χ3v) is 7.71. The van der Waals surface area contributed by atoms with Gasteiger partial charge in [-0.25, -0.2) is 0 Å².